The number of rotatable bonds is 7. The van der Waals surface area contributed by atoms with Crippen LogP contribution in [0.3, 0.4) is 0 Å². The monoisotopic (exact) mass is 461 g/mol. The van der Waals surface area contributed by atoms with Crippen LogP contribution in [0.4, 0.5) is 0 Å². The van der Waals surface area contributed by atoms with Crippen LogP contribution in [0.15, 0.2) is 66.2 Å². The molecule has 8 nitrogen and oxygen atoms in total. The van der Waals surface area contributed by atoms with Crippen molar-refractivity contribution >= 4 is 34.8 Å². The fourth-order valence-electron chi connectivity index (χ4n) is 2.46. The van der Waals surface area contributed by atoms with Gasteiger partial charge in [-0.3, -0.25) is 0 Å². The van der Waals surface area contributed by atoms with Gasteiger partial charge in [0, 0.05) is 29.9 Å². The SMILES string of the molecule is ClC1=CC(Cl)(OCOc2ccccc2Cl)C=CC1CCn1ccnc1.O=[N+]([O-])O. The van der Waals surface area contributed by atoms with Crippen molar-refractivity contribution in [2.24, 2.45) is 5.92 Å². The van der Waals surface area contributed by atoms with Gasteiger partial charge in [-0.15, -0.1) is 10.1 Å². The Morgan fingerprint density at radius 1 is 1.34 bits per heavy atom. The standard InChI is InChI=1S/C18H17Cl3N2O2.HNO3/c19-15-3-1-2-4-17(15)24-13-25-18(21)7-5-14(16(20)11-18)6-9-23-10-8-22-12-23;2-1(3)4/h1-5,7-8,10-12,14H,6,9,13H2;(H,2,3,4). The molecule has 0 saturated carbocycles. The highest BCUT2D eigenvalue weighted by atomic mass is 35.5. The summed E-state index contributed by atoms with van der Waals surface area (Å²) in [4.78, 5) is 12.4. The first kappa shape index (κ1) is 23.0. The zero-order valence-electron chi connectivity index (χ0n) is 15.0. The minimum atomic E-state index is -1.50. The molecule has 2 atom stereocenters. The van der Waals surface area contributed by atoms with Crippen molar-refractivity contribution in [3.8, 4) is 5.75 Å². The van der Waals surface area contributed by atoms with Gasteiger partial charge in [-0.05, 0) is 30.7 Å². The van der Waals surface area contributed by atoms with Gasteiger partial charge in [0.05, 0.1) is 11.3 Å². The maximum Gasteiger partial charge on any atom is 0.291 e. The van der Waals surface area contributed by atoms with Crippen molar-refractivity contribution in [3.63, 3.8) is 0 Å². The lowest BCUT2D eigenvalue weighted by Gasteiger charge is -2.27. The lowest BCUT2D eigenvalue weighted by Crippen LogP contribution is -2.26. The van der Waals surface area contributed by atoms with E-state index in [0.29, 0.717) is 15.8 Å². The van der Waals surface area contributed by atoms with Gasteiger partial charge in [0.25, 0.3) is 5.09 Å². The predicted octanol–water partition coefficient (Wildman–Crippen LogP) is 4.88. The molecule has 156 valence electrons. The van der Waals surface area contributed by atoms with Gasteiger partial charge in [0.2, 0.25) is 0 Å². The minimum absolute atomic E-state index is 0.0437. The zero-order chi connectivity index (χ0) is 21.3. The molecule has 1 N–H and O–H groups in total. The van der Waals surface area contributed by atoms with Crippen molar-refractivity contribution in [2.75, 3.05) is 6.79 Å². The molecular weight excluding hydrogens is 445 g/mol. The number of ether oxygens (including phenoxy) is 2. The van der Waals surface area contributed by atoms with E-state index in [-0.39, 0.29) is 12.7 Å². The largest absolute Gasteiger partial charge is 0.466 e. The van der Waals surface area contributed by atoms with E-state index in [1.807, 2.05) is 29.0 Å². The summed E-state index contributed by atoms with van der Waals surface area (Å²) in [6.07, 6.45) is 11.8. The van der Waals surface area contributed by atoms with Crippen molar-refractivity contribution in [2.45, 2.75) is 18.0 Å². The molecule has 0 saturated heterocycles. The Morgan fingerprint density at radius 3 is 2.69 bits per heavy atom. The van der Waals surface area contributed by atoms with Crippen LogP contribution in [0.25, 0.3) is 0 Å². The quantitative estimate of drug-likeness (QED) is 0.207. The smallest absolute Gasteiger partial charge is 0.291 e. The summed E-state index contributed by atoms with van der Waals surface area (Å²) in [6.45, 7) is 0.781. The molecule has 1 heterocycles. The second kappa shape index (κ2) is 11.1. The average molecular weight is 463 g/mol. The van der Waals surface area contributed by atoms with E-state index in [4.69, 9.17) is 59.6 Å². The fourth-order valence-corrected chi connectivity index (χ4v) is 3.28. The first-order valence-corrected chi connectivity index (χ1v) is 9.49. The van der Waals surface area contributed by atoms with Gasteiger partial charge >= 0.3 is 0 Å². The summed E-state index contributed by atoms with van der Waals surface area (Å²) >= 11 is 18.9. The highest BCUT2D eigenvalue weighted by molar-refractivity contribution is 6.32. The van der Waals surface area contributed by atoms with E-state index in [1.54, 1.807) is 36.8 Å². The number of para-hydroxylation sites is 1. The van der Waals surface area contributed by atoms with Gasteiger partial charge in [-0.1, -0.05) is 53.0 Å². The molecule has 0 fully saturated rings. The maximum atomic E-state index is 8.36. The topological polar surface area (TPSA) is 99.7 Å². The molecule has 0 spiro atoms. The summed E-state index contributed by atoms with van der Waals surface area (Å²) in [5.74, 6) is 0.640. The molecule has 0 radical (unpaired) electrons. The Hall–Kier alpha value is -2.26. The highest BCUT2D eigenvalue weighted by Crippen LogP contribution is 2.35. The Labute approximate surface area is 182 Å². The van der Waals surface area contributed by atoms with Crippen LogP contribution in [-0.2, 0) is 11.3 Å². The second-order valence-electron chi connectivity index (χ2n) is 5.86. The number of allylic oxidation sites excluding steroid dienone is 2. The molecule has 2 unspecified atom stereocenters. The number of alkyl halides is 1. The van der Waals surface area contributed by atoms with E-state index in [1.165, 1.54) is 0 Å². The van der Waals surface area contributed by atoms with Crippen LogP contribution in [0.1, 0.15) is 6.42 Å². The van der Waals surface area contributed by atoms with Gasteiger partial charge in [0.1, 0.15) is 5.75 Å². The number of benzene rings is 1. The van der Waals surface area contributed by atoms with Crippen LogP contribution >= 0.6 is 34.8 Å². The normalized spacial score (nSPS) is 20.4. The van der Waals surface area contributed by atoms with E-state index in [9.17, 15) is 0 Å². The molecule has 3 rings (SSSR count). The van der Waals surface area contributed by atoms with Gasteiger partial charge in [-0.2, -0.15) is 0 Å². The predicted molar refractivity (Wildman–Crippen MR) is 109 cm³/mol. The van der Waals surface area contributed by atoms with Crippen LogP contribution in [0, 0.1) is 16.0 Å². The maximum absolute atomic E-state index is 8.36. The number of aryl methyl sites for hydroxylation is 1. The highest BCUT2D eigenvalue weighted by Gasteiger charge is 2.29. The summed E-state index contributed by atoms with van der Waals surface area (Å²) in [7, 11) is 0. The third-order valence-corrected chi connectivity index (χ3v) is 4.88. The molecule has 0 amide bonds. The Balaban J connectivity index is 0.000000687. The summed E-state index contributed by atoms with van der Waals surface area (Å²) in [6, 6.07) is 7.17. The molecule has 29 heavy (non-hydrogen) atoms. The lowest BCUT2D eigenvalue weighted by atomic mass is 9.98. The Morgan fingerprint density at radius 2 is 2.07 bits per heavy atom. The molecule has 1 aromatic carbocycles. The first-order chi connectivity index (χ1) is 13.8. The Bertz CT molecular complexity index is 856. The minimum Gasteiger partial charge on any atom is -0.466 e. The summed E-state index contributed by atoms with van der Waals surface area (Å²) in [5, 5.41) is 13.7. The third-order valence-electron chi connectivity index (χ3n) is 3.83. The first-order valence-electron chi connectivity index (χ1n) is 8.36. The molecule has 0 aliphatic heterocycles. The van der Waals surface area contributed by atoms with Crippen LogP contribution in [-0.4, -0.2) is 31.7 Å². The molecule has 11 heteroatoms. The summed E-state index contributed by atoms with van der Waals surface area (Å²) < 4.78 is 13.1. The number of halogens is 3. The second-order valence-corrected chi connectivity index (χ2v) is 7.29. The van der Waals surface area contributed by atoms with E-state index in [2.05, 4.69) is 4.98 Å². The summed E-state index contributed by atoms with van der Waals surface area (Å²) in [5.41, 5.74) is 0. The van der Waals surface area contributed by atoms with Crippen molar-refractivity contribution < 1.29 is 19.8 Å². The molecule has 1 aliphatic rings. The number of hydrogen-bond donors (Lipinski definition) is 1. The molecule has 1 aromatic heterocycles. The molecular formula is C18H18Cl3N3O5. The van der Waals surface area contributed by atoms with Crippen molar-refractivity contribution in [1.29, 1.82) is 0 Å². The number of nitrogens with zero attached hydrogens (tertiary/aromatic N) is 3. The van der Waals surface area contributed by atoms with Gasteiger partial charge in [0.15, 0.2) is 11.9 Å². The molecule has 1 aliphatic carbocycles. The third kappa shape index (κ3) is 7.94. The van der Waals surface area contributed by atoms with Crippen molar-refractivity contribution in [1.82, 2.24) is 9.55 Å². The fraction of sp³-hybridized carbons (Fsp3) is 0.278. The molecule has 2 aromatic rings. The molecule has 0 bridgehead atoms. The van der Waals surface area contributed by atoms with Gasteiger partial charge < -0.3 is 19.2 Å². The van der Waals surface area contributed by atoms with Crippen LogP contribution < -0.4 is 4.74 Å². The number of imidazole rings is 1. The van der Waals surface area contributed by atoms with Crippen LogP contribution in [0.2, 0.25) is 5.02 Å². The lowest BCUT2D eigenvalue weighted by molar-refractivity contribution is -0.742. The van der Waals surface area contributed by atoms with Gasteiger partial charge in [-0.25, -0.2) is 4.98 Å². The Kier molecular flexibility index (Phi) is 8.78. The van der Waals surface area contributed by atoms with E-state index < -0.39 is 10.1 Å². The van der Waals surface area contributed by atoms with Crippen LogP contribution in [0.5, 0.6) is 5.75 Å². The number of aromatic nitrogens is 2. The van der Waals surface area contributed by atoms with Crippen molar-refractivity contribution in [3.05, 3.63) is 81.4 Å². The number of hydrogen-bond acceptors (Lipinski definition) is 5. The van der Waals surface area contributed by atoms with E-state index >= 15 is 0 Å². The zero-order valence-corrected chi connectivity index (χ0v) is 17.3. The van der Waals surface area contributed by atoms with E-state index in [0.717, 1.165) is 13.0 Å². The average Bonchev–Trinajstić information content (AvgIpc) is 3.16.